The Morgan fingerprint density at radius 2 is 2.33 bits per heavy atom. The molecule has 3 atom stereocenters. The Bertz CT molecular complexity index is 111. The molecule has 1 heteroatoms. The van der Waals surface area contributed by atoms with E-state index in [4.69, 9.17) is 0 Å². The van der Waals surface area contributed by atoms with E-state index in [1.165, 1.54) is 25.7 Å². The number of nitrogens with one attached hydrogen (secondary N) is 1. The van der Waals surface area contributed by atoms with Crippen molar-refractivity contribution in [1.29, 1.82) is 0 Å². The second-order valence-corrected chi connectivity index (χ2v) is 3.45. The first-order valence-corrected chi connectivity index (χ1v) is 4.16. The third-order valence-electron chi connectivity index (χ3n) is 2.93. The molecule has 1 aliphatic heterocycles. The molecule has 1 heterocycles. The molecule has 52 valence electrons. The summed E-state index contributed by atoms with van der Waals surface area (Å²) in [5.41, 5.74) is 0. The second kappa shape index (κ2) is 1.98. The van der Waals surface area contributed by atoms with Gasteiger partial charge < -0.3 is 5.32 Å². The van der Waals surface area contributed by atoms with Gasteiger partial charge in [0, 0.05) is 12.1 Å². The summed E-state index contributed by atoms with van der Waals surface area (Å²) in [6.07, 6.45) is 5.75. The van der Waals surface area contributed by atoms with Gasteiger partial charge in [0.15, 0.2) is 0 Å². The average molecular weight is 125 g/mol. The van der Waals surface area contributed by atoms with E-state index in [1.807, 2.05) is 0 Å². The predicted molar refractivity (Wildman–Crippen MR) is 38.3 cm³/mol. The maximum atomic E-state index is 3.64. The van der Waals surface area contributed by atoms with Gasteiger partial charge in [0.1, 0.15) is 0 Å². The summed E-state index contributed by atoms with van der Waals surface area (Å²) in [7, 11) is 0. The molecule has 0 radical (unpaired) electrons. The van der Waals surface area contributed by atoms with Crippen molar-refractivity contribution in [2.24, 2.45) is 5.92 Å². The highest BCUT2D eigenvalue weighted by atomic mass is 15.0. The fraction of sp³-hybridized carbons (Fsp3) is 1.00. The molecule has 2 fully saturated rings. The van der Waals surface area contributed by atoms with Gasteiger partial charge >= 0.3 is 0 Å². The summed E-state index contributed by atoms with van der Waals surface area (Å²) in [6, 6.07) is 1.78. The highest BCUT2D eigenvalue weighted by Crippen LogP contribution is 2.36. The first-order valence-electron chi connectivity index (χ1n) is 4.16. The summed E-state index contributed by atoms with van der Waals surface area (Å²) in [5, 5.41) is 3.64. The molecule has 0 aromatic carbocycles. The Labute approximate surface area is 56.8 Å². The molecule has 2 bridgehead atoms. The quantitative estimate of drug-likeness (QED) is 0.560. The number of fused-ring (bicyclic) bond motifs is 2. The molecule has 3 unspecified atom stereocenters. The molecule has 1 saturated heterocycles. The molecule has 1 aliphatic carbocycles. The molecule has 1 saturated carbocycles. The van der Waals surface area contributed by atoms with Crippen LogP contribution in [0.15, 0.2) is 0 Å². The zero-order valence-corrected chi connectivity index (χ0v) is 6.06. The molecule has 1 nitrogen and oxygen atoms in total. The summed E-state index contributed by atoms with van der Waals surface area (Å²) >= 11 is 0. The lowest BCUT2D eigenvalue weighted by atomic mass is 9.98. The molecule has 2 aliphatic rings. The minimum Gasteiger partial charge on any atom is -0.311 e. The van der Waals surface area contributed by atoms with Crippen molar-refractivity contribution in [3.8, 4) is 0 Å². The molecule has 0 amide bonds. The Morgan fingerprint density at radius 3 is 2.67 bits per heavy atom. The zero-order chi connectivity index (χ0) is 6.27. The van der Waals surface area contributed by atoms with Gasteiger partial charge in [-0.25, -0.2) is 0 Å². The molecular weight excluding hydrogens is 110 g/mol. The van der Waals surface area contributed by atoms with Crippen molar-refractivity contribution in [3.63, 3.8) is 0 Å². The maximum Gasteiger partial charge on any atom is 0.00958 e. The Kier molecular flexibility index (Phi) is 1.26. The second-order valence-electron chi connectivity index (χ2n) is 3.45. The van der Waals surface area contributed by atoms with E-state index in [2.05, 4.69) is 12.2 Å². The molecule has 0 spiro atoms. The minimum atomic E-state index is 0.878. The van der Waals surface area contributed by atoms with E-state index >= 15 is 0 Å². The van der Waals surface area contributed by atoms with Crippen molar-refractivity contribution >= 4 is 0 Å². The van der Waals surface area contributed by atoms with Crippen molar-refractivity contribution in [2.45, 2.75) is 44.7 Å². The number of hydrogen-bond acceptors (Lipinski definition) is 1. The van der Waals surface area contributed by atoms with E-state index in [-0.39, 0.29) is 0 Å². The van der Waals surface area contributed by atoms with Crippen LogP contribution in [0.2, 0.25) is 0 Å². The van der Waals surface area contributed by atoms with Gasteiger partial charge in [-0.2, -0.15) is 0 Å². The first kappa shape index (κ1) is 5.72. The number of piperidine rings is 1. The molecular formula is C8H15N. The summed E-state index contributed by atoms with van der Waals surface area (Å²) in [4.78, 5) is 0. The van der Waals surface area contributed by atoms with E-state index in [9.17, 15) is 0 Å². The van der Waals surface area contributed by atoms with Crippen LogP contribution in [0.4, 0.5) is 0 Å². The topological polar surface area (TPSA) is 12.0 Å². The summed E-state index contributed by atoms with van der Waals surface area (Å²) < 4.78 is 0. The van der Waals surface area contributed by atoms with Gasteiger partial charge in [-0.3, -0.25) is 0 Å². The Balaban J connectivity index is 2.01. The molecule has 1 N–H and O–H groups in total. The molecule has 0 aromatic heterocycles. The van der Waals surface area contributed by atoms with Crippen LogP contribution in [-0.2, 0) is 0 Å². The van der Waals surface area contributed by atoms with Crippen LogP contribution in [0.5, 0.6) is 0 Å². The van der Waals surface area contributed by atoms with Crippen LogP contribution in [0.3, 0.4) is 0 Å². The summed E-state index contributed by atoms with van der Waals surface area (Å²) in [5.74, 6) is 1.04. The molecule has 0 aromatic rings. The Morgan fingerprint density at radius 1 is 1.44 bits per heavy atom. The first-order chi connectivity index (χ1) is 4.40. The predicted octanol–water partition coefficient (Wildman–Crippen LogP) is 1.54. The van der Waals surface area contributed by atoms with Crippen molar-refractivity contribution in [2.75, 3.05) is 0 Å². The average Bonchev–Trinajstić information content (AvgIpc) is 2.45. The lowest BCUT2D eigenvalue weighted by Crippen LogP contribution is -2.34. The van der Waals surface area contributed by atoms with Crippen LogP contribution in [0.25, 0.3) is 0 Å². The van der Waals surface area contributed by atoms with Gasteiger partial charge in [0.25, 0.3) is 0 Å². The minimum absolute atomic E-state index is 0.878. The van der Waals surface area contributed by atoms with E-state index in [1.54, 1.807) is 0 Å². The smallest absolute Gasteiger partial charge is 0.00958 e. The lowest BCUT2D eigenvalue weighted by Gasteiger charge is -2.20. The van der Waals surface area contributed by atoms with Gasteiger partial charge in [-0.05, 0) is 31.6 Å². The maximum absolute atomic E-state index is 3.64. The van der Waals surface area contributed by atoms with Gasteiger partial charge in [0.05, 0.1) is 0 Å². The fourth-order valence-corrected chi connectivity index (χ4v) is 2.42. The van der Waals surface area contributed by atoms with E-state index < -0.39 is 0 Å². The third kappa shape index (κ3) is 0.787. The summed E-state index contributed by atoms with van der Waals surface area (Å²) in [6.45, 7) is 2.29. The van der Waals surface area contributed by atoms with E-state index in [0.717, 1.165) is 18.0 Å². The lowest BCUT2D eigenvalue weighted by molar-refractivity contribution is 0.373. The molecule has 9 heavy (non-hydrogen) atoms. The standard InChI is InChI=1S/C8H15N/c1-2-8-6-3-4-7(5-6)9-8/h6-9H,2-5H2,1H3. The highest BCUT2D eigenvalue weighted by molar-refractivity contribution is 4.95. The fourth-order valence-electron chi connectivity index (χ4n) is 2.42. The number of hydrogen-bond donors (Lipinski definition) is 1. The van der Waals surface area contributed by atoms with Crippen LogP contribution < -0.4 is 5.32 Å². The highest BCUT2D eigenvalue weighted by Gasteiger charge is 2.37. The number of rotatable bonds is 1. The van der Waals surface area contributed by atoms with Crippen LogP contribution in [0, 0.1) is 5.92 Å². The Hall–Kier alpha value is -0.0400. The van der Waals surface area contributed by atoms with Gasteiger partial charge in [0.2, 0.25) is 0 Å². The van der Waals surface area contributed by atoms with Crippen LogP contribution >= 0.6 is 0 Å². The van der Waals surface area contributed by atoms with Crippen LogP contribution in [0.1, 0.15) is 32.6 Å². The van der Waals surface area contributed by atoms with Crippen LogP contribution in [-0.4, -0.2) is 12.1 Å². The largest absolute Gasteiger partial charge is 0.311 e. The normalized spacial score (nSPS) is 48.3. The van der Waals surface area contributed by atoms with Crippen molar-refractivity contribution in [1.82, 2.24) is 5.32 Å². The van der Waals surface area contributed by atoms with Crippen molar-refractivity contribution in [3.05, 3.63) is 0 Å². The zero-order valence-electron chi connectivity index (χ0n) is 6.06. The van der Waals surface area contributed by atoms with Gasteiger partial charge in [-0.1, -0.05) is 6.92 Å². The third-order valence-corrected chi connectivity index (χ3v) is 2.93. The van der Waals surface area contributed by atoms with Gasteiger partial charge in [-0.15, -0.1) is 0 Å². The SMILES string of the molecule is CCC1NC2CCC1C2. The van der Waals surface area contributed by atoms with E-state index in [0.29, 0.717) is 0 Å². The molecule has 2 rings (SSSR count). The monoisotopic (exact) mass is 125 g/mol. The van der Waals surface area contributed by atoms with Crippen molar-refractivity contribution < 1.29 is 0 Å².